The molecular formula is C23H21F3N4O3. The molecule has 0 radical (unpaired) electrons. The number of aromatic nitrogens is 2. The number of hydrogen-bond acceptors (Lipinski definition) is 4. The van der Waals surface area contributed by atoms with Crippen LogP contribution in [0.1, 0.15) is 40.4 Å². The second-order valence-corrected chi connectivity index (χ2v) is 7.62. The molecule has 1 fully saturated rings. The fraction of sp³-hybridized carbons (Fsp3) is 0.261. The summed E-state index contributed by atoms with van der Waals surface area (Å²) in [6, 6.07) is 11.4. The quantitative estimate of drug-likeness (QED) is 0.557. The van der Waals surface area contributed by atoms with Gasteiger partial charge in [0.15, 0.2) is 6.61 Å². The summed E-state index contributed by atoms with van der Waals surface area (Å²) in [7, 11) is 1.50. The minimum absolute atomic E-state index is 0.0463. The summed E-state index contributed by atoms with van der Waals surface area (Å²) in [5.74, 6) is -0.275. The largest absolute Gasteiger partial charge is 0.484 e. The van der Waals surface area contributed by atoms with Gasteiger partial charge in [0.2, 0.25) is 0 Å². The van der Waals surface area contributed by atoms with Gasteiger partial charge < -0.3 is 15.4 Å². The first kappa shape index (κ1) is 22.4. The van der Waals surface area contributed by atoms with Crippen LogP contribution >= 0.6 is 0 Å². The van der Waals surface area contributed by atoms with Crippen LogP contribution in [0.3, 0.4) is 0 Å². The Morgan fingerprint density at radius 1 is 1.15 bits per heavy atom. The number of carbonyl (C=O) groups is 2. The second-order valence-electron chi connectivity index (χ2n) is 7.62. The van der Waals surface area contributed by atoms with Crippen LogP contribution in [0.25, 0.3) is 5.69 Å². The zero-order valence-electron chi connectivity index (χ0n) is 17.6. The Morgan fingerprint density at radius 2 is 1.91 bits per heavy atom. The maximum atomic E-state index is 13.2. The molecule has 172 valence electrons. The van der Waals surface area contributed by atoms with Crippen molar-refractivity contribution in [1.29, 1.82) is 0 Å². The van der Waals surface area contributed by atoms with E-state index in [0.29, 0.717) is 22.7 Å². The molecule has 0 bridgehead atoms. The molecule has 1 saturated carbocycles. The van der Waals surface area contributed by atoms with Crippen LogP contribution in [0.5, 0.6) is 5.75 Å². The molecule has 1 aliphatic carbocycles. The molecule has 2 aromatic carbocycles. The van der Waals surface area contributed by atoms with E-state index in [0.717, 1.165) is 25.0 Å². The Hall–Kier alpha value is -3.82. The highest BCUT2D eigenvalue weighted by Gasteiger charge is 2.34. The molecule has 0 aliphatic heterocycles. The van der Waals surface area contributed by atoms with E-state index in [9.17, 15) is 22.8 Å². The van der Waals surface area contributed by atoms with Gasteiger partial charge in [0, 0.05) is 24.7 Å². The molecule has 0 unspecified atom stereocenters. The molecule has 0 saturated heterocycles. The lowest BCUT2D eigenvalue weighted by Gasteiger charge is -2.12. The molecule has 4 rings (SSSR count). The number of hydrogen-bond donors (Lipinski definition) is 2. The van der Waals surface area contributed by atoms with Crippen LogP contribution in [0.2, 0.25) is 0 Å². The molecule has 0 spiro atoms. The van der Waals surface area contributed by atoms with Gasteiger partial charge in [0.1, 0.15) is 5.75 Å². The van der Waals surface area contributed by atoms with E-state index in [2.05, 4.69) is 15.7 Å². The zero-order valence-corrected chi connectivity index (χ0v) is 17.6. The highest BCUT2D eigenvalue weighted by Crippen LogP contribution is 2.43. The maximum Gasteiger partial charge on any atom is 0.416 e. The third kappa shape index (κ3) is 5.16. The second kappa shape index (κ2) is 8.97. The minimum atomic E-state index is -4.48. The standard InChI is InChI=1S/C23H21F3N4O3/c1-27-20(31)13-33-18-7-3-5-16(11-18)29-22(32)19-12-28-30(21(19)14-8-9-14)17-6-2-4-15(10-17)23(24,25)26/h2-7,10-12,14H,8-9,13H2,1H3,(H,27,31)(H,29,32). The average molecular weight is 458 g/mol. The summed E-state index contributed by atoms with van der Waals surface area (Å²) in [6.07, 6.45) is -1.45. The van der Waals surface area contributed by atoms with Gasteiger partial charge in [-0.2, -0.15) is 18.3 Å². The third-order valence-electron chi connectivity index (χ3n) is 5.17. The fourth-order valence-electron chi connectivity index (χ4n) is 3.39. The number of ether oxygens (including phenoxy) is 1. The Balaban J connectivity index is 1.58. The van der Waals surface area contributed by atoms with E-state index in [1.165, 1.54) is 30.1 Å². The van der Waals surface area contributed by atoms with Gasteiger partial charge >= 0.3 is 6.18 Å². The van der Waals surface area contributed by atoms with E-state index < -0.39 is 17.6 Å². The summed E-state index contributed by atoms with van der Waals surface area (Å²) < 4.78 is 46.3. The highest BCUT2D eigenvalue weighted by molar-refractivity contribution is 6.05. The first-order valence-corrected chi connectivity index (χ1v) is 10.3. The Bertz CT molecular complexity index is 1190. The summed E-state index contributed by atoms with van der Waals surface area (Å²) in [5.41, 5.74) is 0.792. The van der Waals surface area contributed by atoms with E-state index in [1.807, 2.05) is 0 Å². The number of amides is 2. The summed E-state index contributed by atoms with van der Waals surface area (Å²) in [4.78, 5) is 24.4. The fourth-order valence-corrected chi connectivity index (χ4v) is 3.39. The average Bonchev–Trinajstić information content (AvgIpc) is 3.54. The van der Waals surface area contributed by atoms with Crippen molar-refractivity contribution in [2.75, 3.05) is 19.0 Å². The van der Waals surface area contributed by atoms with Crippen molar-refractivity contribution in [3.8, 4) is 11.4 Å². The van der Waals surface area contributed by atoms with Crippen molar-refractivity contribution in [3.05, 3.63) is 71.5 Å². The van der Waals surface area contributed by atoms with Crippen molar-refractivity contribution in [2.45, 2.75) is 24.9 Å². The van der Waals surface area contributed by atoms with Crippen molar-refractivity contribution in [1.82, 2.24) is 15.1 Å². The molecule has 3 aromatic rings. The molecule has 2 N–H and O–H groups in total. The van der Waals surface area contributed by atoms with Gasteiger partial charge in [-0.3, -0.25) is 9.59 Å². The molecule has 1 aliphatic rings. The number of benzene rings is 2. The van der Waals surface area contributed by atoms with Crippen LogP contribution < -0.4 is 15.4 Å². The van der Waals surface area contributed by atoms with E-state index in [1.54, 1.807) is 24.3 Å². The Labute approximate surface area is 187 Å². The molecule has 1 aromatic heterocycles. The predicted molar refractivity (Wildman–Crippen MR) is 114 cm³/mol. The molecule has 7 nitrogen and oxygen atoms in total. The number of alkyl halides is 3. The lowest BCUT2D eigenvalue weighted by molar-refractivity contribution is -0.137. The van der Waals surface area contributed by atoms with Gasteiger partial charge in [-0.15, -0.1) is 0 Å². The monoisotopic (exact) mass is 458 g/mol. The van der Waals surface area contributed by atoms with Gasteiger partial charge in [0.05, 0.1) is 28.7 Å². The summed E-state index contributed by atoms with van der Waals surface area (Å²) in [5, 5.41) is 9.45. The molecular weight excluding hydrogens is 437 g/mol. The number of halogens is 3. The molecule has 1 heterocycles. The van der Waals surface area contributed by atoms with Crippen LogP contribution in [-0.4, -0.2) is 35.2 Å². The molecule has 0 atom stereocenters. The van der Waals surface area contributed by atoms with Crippen molar-refractivity contribution < 1.29 is 27.5 Å². The normalized spacial score (nSPS) is 13.5. The smallest absolute Gasteiger partial charge is 0.416 e. The van der Waals surface area contributed by atoms with Crippen LogP contribution in [-0.2, 0) is 11.0 Å². The molecule has 10 heteroatoms. The maximum absolute atomic E-state index is 13.2. The van der Waals surface area contributed by atoms with E-state index >= 15 is 0 Å². The number of nitrogens with zero attached hydrogens (tertiary/aromatic N) is 2. The summed E-state index contributed by atoms with van der Waals surface area (Å²) in [6.45, 7) is -0.163. The van der Waals surface area contributed by atoms with Crippen molar-refractivity contribution in [2.24, 2.45) is 0 Å². The van der Waals surface area contributed by atoms with Crippen molar-refractivity contribution in [3.63, 3.8) is 0 Å². The van der Waals surface area contributed by atoms with Gasteiger partial charge in [-0.05, 0) is 43.2 Å². The van der Waals surface area contributed by atoms with Gasteiger partial charge in [0.25, 0.3) is 11.8 Å². The first-order chi connectivity index (χ1) is 15.8. The highest BCUT2D eigenvalue weighted by atomic mass is 19.4. The molecule has 2 amide bonds. The van der Waals surface area contributed by atoms with Gasteiger partial charge in [-0.25, -0.2) is 4.68 Å². The van der Waals surface area contributed by atoms with E-state index in [-0.39, 0.29) is 24.1 Å². The topological polar surface area (TPSA) is 85.2 Å². The Morgan fingerprint density at radius 3 is 2.61 bits per heavy atom. The number of carbonyl (C=O) groups excluding carboxylic acids is 2. The van der Waals surface area contributed by atoms with Crippen LogP contribution in [0.4, 0.5) is 18.9 Å². The van der Waals surface area contributed by atoms with Crippen LogP contribution in [0, 0.1) is 0 Å². The van der Waals surface area contributed by atoms with Crippen LogP contribution in [0.15, 0.2) is 54.7 Å². The zero-order chi connectivity index (χ0) is 23.6. The first-order valence-electron chi connectivity index (χ1n) is 10.3. The Kier molecular flexibility index (Phi) is 6.08. The third-order valence-corrected chi connectivity index (χ3v) is 5.17. The van der Waals surface area contributed by atoms with Gasteiger partial charge in [-0.1, -0.05) is 12.1 Å². The van der Waals surface area contributed by atoms with E-state index in [4.69, 9.17) is 4.74 Å². The lowest BCUT2D eigenvalue weighted by Crippen LogP contribution is -2.24. The molecule has 33 heavy (non-hydrogen) atoms. The number of rotatable bonds is 7. The summed E-state index contributed by atoms with van der Waals surface area (Å²) >= 11 is 0. The minimum Gasteiger partial charge on any atom is -0.484 e. The predicted octanol–water partition coefficient (Wildman–Crippen LogP) is 4.15. The lowest BCUT2D eigenvalue weighted by atomic mass is 10.1. The number of nitrogens with one attached hydrogen (secondary N) is 2. The van der Waals surface area contributed by atoms with Crippen molar-refractivity contribution >= 4 is 17.5 Å². The number of anilines is 1. The SMILES string of the molecule is CNC(=O)COc1cccc(NC(=O)c2cnn(-c3cccc(C(F)(F)F)c3)c2C2CC2)c1. The number of likely N-dealkylation sites (N-methyl/N-ethyl adjacent to an activating group) is 1.